The summed E-state index contributed by atoms with van der Waals surface area (Å²) in [6, 6.07) is 0. The van der Waals surface area contributed by atoms with Gasteiger partial charge in [-0.05, 0) is 0 Å². The van der Waals surface area contributed by atoms with Crippen LogP contribution in [0.4, 0.5) is 0 Å². The van der Waals surface area contributed by atoms with Gasteiger partial charge in [-0.15, -0.1) is 0 Å². The molecule has 1 heterocycles. The zero-order valence-corrected chi connectivity index (χ0v) is 9.62. The smallest absolute Gasteiger partial charge is 0.169 e. The summed E-state index contributed by atoms with van der Waals surface area (Å²) in [6.07, 6.45) is -4.19. The topological polar surface area (TPSA) is 121 Å². The van der Waals surface area contributed by atoms with Crippen LogP contribution in [0.5, 0.6) is 0 Å². The lowest BCUT2D eigenvalue weighted by molar-refractivity contribution is -0.00229. The van der Waals surface area contributed by atoms with Crippen molar-refractivity contribution >= 4 is 10.9 Å². The molecule has 1 unspecified atom stereocenters. The molecule has 7 heteroatoms. The lowest BCUT2D eigenvalue weighted by atomic mass is 10.2. The van der Waals surface area contributed by atoms with E-state index in [-0.39, 0.29) is 12.4 Å². The number of aliphatic hydroxyl groups is 6. The Morgan fingerprint density at radius 2 is 1.75 bits per heavy atom. The van der Waals surface area contributed by atoms with Crippen LogP contribution in [-0.4, -0.2) is 85.0 Å². The summed E-state index contributed by atoms with van der Waals surface area (Å²) in [6.45, 7) is -0.795. The molecule has 1 rings (SSSR count). The fourth-order valence-corrected chi connectivity index (χ4v) is 4.46. The summed E-state index contributed by atoms with van der Waals surface area (Å²) in [7, 11) is -0.549. The van der Waals surface area contributed by atoms with E-state index >= 15 is 0 Å². The molecule has 16 heavy (non-hydrogen) atoms. The lowest BCUT2D eigenvalue weighted by Gasteiger charge is -2.17. The molecule has 0 aromatic rings. The third-order valence-electron chi connectivity index (χ3n) is 2.78. The average molecular weight is 255 g/mol. The number of hydrogen-bond donors (Lipinski definition) is 6. The Balaban J connectivity index is 2.53. The third kappa shape index (κ3) is 3.07. The van der Waals surface area contributed by atoms with Crippen LogP contribution in [0.3, 0.4) is 0 Å². The molecule has 0 aromatic carbocycles. The van der Waals surface area contributed by atoms with Gasteiger partial charge in [0.05, 0.1) is 13.2 Å². The molecule has 0 spiro atoms. The molecule has 0 bridgehead atoms. The van der Waals surface area contributed by atoms with E-state index in [1.165, 1.54) is 0 Å². The molecule has 0 aromatic heterocycles. The highest BCUT2D eigenvalue weighted by Gasteiger charge is 2.50. The minimum Gasteiger partial charge on any atom is -0.394 e. The van der Waals surface area contributed by atoms with Gasteiger partial charge in [-0.1, -0.05) is 0 Å². The van der Waals surface area contributed by atoms with Crippen LogP contribution < -0.4 is 0 Å². The third-order valence-corrected chi connectivity index (χ3v) is 5.61. The van der Waals surface area contributed by atoms with Gasteiger partial charge in [0.1, 0.15) is 35.9 Å². The fraction of sp³-hybridized carbons (Fsp3) is 1.00. The number of rotatable bonds is 5. The average Bonchev–Trinajstić information content (AvgIpc) is 2.53. The highest BCUT2D eigenvalue weighted by molar-refractivity contribution is 7.97. The van der Waals surface area contributed by atoms with Crippen molar-refractivity contribution in [2.24, 2.45) is 0 Å². The van der Waals surface area contributed by atoms with E-state index in [2.05, 4.69) is 0 Å². The molecular formula is C9H19O6S+. The maximum atomic E-state index is 9.54. The molecule has 0 aliphatic carbocycles. The van der Waals surface area contributed by atoms with Crippen LogP contribution >= 0.6 is 0 Å². The van der Waals surface area contributed by atoms with Crippen molar-refractivity contribution in [3.63, 3.8) is 0 Å². The highest BCUT2D eigenvalue weighted by atomic mass is 32.2. The van der Waals surface area contributed by atoms with Crippen LogP contribution in [0.2, 0.25) is 0 Å². The van der Waals surface area contributed by atoms with Crippen molar-refractivity contribution in [3.05, 3.63) is 0 Å². The molecule has 6 N–H and O–H groups in total. The summed E-state index contributed by atoms with van der Waals surface area (Å²) in [5.41, 5.74) is 0. The fourth-order valence-electron chi connectivity index (χ4n) is 1.74. The molecule has 1 saturated heterocycles. The highest BCUT2D eigenvalue weighted by Crippen LogP contribution is 2.24. The summed E-state index contributed by atoms with van der Waals surface area (Å²) < 4.78 is 0. The standard InChI is InChI=1S/C9H19O6S/c10-1-5(12)6(13)3-16-4-7(14)9(15)8(16)2-11/h5-15H,1-4H2/q+1/t5-,6+,7-,8-,9+,16?/m1/s1. The Morgan fingerprint density at radius 3 is 2.25 bits per heavy atom. The van der Waals surface area contributed by atoms with Gasteiger partial charge in [-0.3, -0.25) is 0 Å². The Hall–Kier alpha value is 0.110. The molecule has 1 aliphatic rings. The molecule has 6 nitrogen and oxygen atoms in total. The predicted molar refractivity (Wildman–Crippen MR) is 59.1 cm³/mol. The van der Waals surface area contributed by atoms with E-state index in [9.17, 15) is 20.4 Å². The molecule has 96 valence electrons. The predicted octanol–water partition coefficient (Wildman–Crippen LogP) is -3.58. The first-order valence-corrected chi connectivity index (χ1v) is 6.74. The van der Waals surface area contributed by atoms with Crippen LogP contribution in [-0.2, 0) is 10.9 Å². The normalized spacial score (nSPS) is 38.6. The van der Waals surface area contributed by atoms with Crippen LogP contribution in [0.15, 0.2) is 0 Å². The second kappa shape index (κ2) is 6.15. The first-order valence-electron chi connectivity index (χ1n) is 5.11. The molecular weight excluding hydrogens is 236 g/mol. The molecule has 0 saturated carbocycles. The first-order chi connectivity index (χ1) is 7.51. The van der Waals surface area contributed by atoms with Crippen LogP contribution in [0, 0.1) is 0 Å². The van der Waals surface area contributed by atoms with E-state index in [1.807, 2.05) is 0 Å². The Labute approximate surface area is 96.5 Å². The summed E-state index contributed by atoms with van der Waals surface area (Å²) in [5, 5.41) is 54.9. The molecule has 0 radical (unpaired) electrons. The maximum Gasteiger partial charge on any atom is 0.169 e. The Kier molecular flexibility index (Phi) is 5.45. The van der Waals surface area contributed by atoms with Crippen LogP contribution in [0.1, 0.15) is 0 Å². The van der Waals surface area contributed by atoms with Crippen molar-refractivity contribution < 1.29 is 30.6 Å². The van der Waals surface area contributed by atoms with Gasteiger partial charge in [0.2, 0.25) is 0 Å². The van der Waals surface area contributed by atoms with E-state index in [0.29, 0.717) is 5.75 Å². The van der Waals surface area contributed by atoms with Gasteiger partial charge in [0.15, 0.2) is 5.25 Å². The SMILES string of the molecule is OC[C@@H](O)[C@@H](O)C[S+]1C[C@@H](O)[C@H](O)[C@H]1CO. The quantitative estimate of drug-likeness (QED) is 0.282. The minimum absolute atomic E-state index is 0.168. The second-order valence-electron chi connectivity index (χ2n) is 3.97. The van der Waals surface area contributed by atoms with Crippen LogP contribution in [0.25, 0.3) is 0 Å². The Morgan fingerprint density at radius 1 is 1.12 bits per heavy atom. The summed E-state index contributed by atoms with van der Waals surface area (Å²) >= 11 is 0. The van der Waals surface area contributed by atoms with Crippen molar-refractivity contribution in [3.8, 4) is 0 Å². The molecule has 1 aliphatic heterocycles. The zero-order valence-electron chi connectivity index (χ0n) is 8.81. The molecule has 1 fully saturated rings. The van der Waals surface area contributed by atoms with Gasteiger partial charge < -0.3 is 30.6 Å². The minimum atomic E-state index is -1.22. The van der Waals surface area contributed by atoms with Crippen molar-refractivity contribution in [1.29, 1.82) is 0 Å². The summed E-state index contributed by atoms with van der Waals surface area (Å²) in [4.78, 5) is 0. The first kappa shape index (κ1) is 14.2. The Bertz CT molecular complexity index is 216. The number of aliphatic hydroxyl groups excluding tert-OH is 6. The molecule has 6 atom stereocenters. The zero-order chi connectivity index (χ0) is 12.3. The van der Waals surface area contributed by atoms with Crippen molar-refractivity contribution in [2.45, 2.75) is 29.7 Å². The maximum absolute atomic E-state index is 9.54. The van der Waals surface area contributed by atoms with Gasteiger partial charge in [-0.25, -0.2) is 0 Å². The molecule has 0 amide bonds. The van der Waals surface area contributed by atoms with E-state index < -0.39 is 47.2 Å². The van der Waals surface area contributed by atoms with Gasteiger partial charge in [-0.2, -0.15) is 0 Å². The lowest BCUT2D eigenvalue weighted by Crippen LogP contribution is -2.40. The van der Waals surface area contributed by atoms with Gasteiger partial charge in [0, 0.05) is 10.9 Å². The largest absolute Gasteiger partial charge is 0.394 e. The van der Waals surface area contributed by atoms with E-state index in [1.54, 1.807) is 0 Å². The summed E-state index contributed by atoms with van der Waals surface area (Å²) in [5.74, 6) is 0.475. The number of hydrogen-bond acceptors (Lipinski definition) is 6. The monoisotopic (exact) mass is 255 g/mol. The van der Waals surface area contributed by atoms with Crippen molar-refractivity contribution in [1.82, 2.24) is 0 Å². The second-order valence-corrected chi connectivity index (χ2v) is 6.31. The van der Waals surface area contributed by atoms with E-state index in [4.69, 9.17) is 10.2 Å². The van der Waals surface area contributed by atoms with Crippen molar-refractivity contribution in [2.75, 3.05) is 24.7 Å². The van der Waals surface area contributed by atoms with E-state index in [0.717, 1.165) is 0 Å². The van der Waals surface area contributed by atoms with Gasteiger partial charge in [0.25, 0.3) is 0 Å². The van der Waals surface area contributed by atoms with Gasteiger partial charge >= 0.3 is 0 Å².